The van der Waals surface area contributed by atoms with Gasteiger partial charge in [0.25, 0.3) is 7.82 Å². The van der Waals surface area contributed by atoms with E-state index in [1.165, 1.54) is 0 Å². The summed E-state index contributed by atoms with van der Waals surface area (Å²) in [7, 11) is 1.08. The second-order valence-electron chi connectivity index (χ2n) is 13.0. The van der Waals surface area contributed by atoms with Crippen LogP contribution in [0.1, 0.15) is 90.9 Å². The van der Waals surface area contributed by atoms with Gasteiger partial charge < -0.3 is 27.9 Å². The van der Waals surface area contributed by atoms with Gasteiger partial charge >= 0.3 is 11.9 Å². The van der Waals surface area contributed by atoms with Crippen molar-refractivity contribution in [1.82, 2.24) is 0 Å². The van der Waals surface area contributed by atoms with Crippen molar-refractivity contribution in [2.45, 2.75) is 97.0 Å². The van der Waals surface area contributed by atoms with Crippen molar-refractivity contribution in [1.29, 1.82) is 0 Å². The molecule has 0 aromatic carbocycles. The van der Waals surface area contributed by atoms with Crippen molar-refractivity contribution in [3.05, 3.63) is 109 Å². The summed E-state index contributed by atoms with van der Waals surface area (Å²) in [4.78, 5) is 37.3. The van der Waals surface area contributed by atoms with Crippen molar-refractivity contribution >= 4 is 19.8 Å². The number of phosphoric acid groups is 1. The number of carbonyl (C=O) groups is 2. The first-order chi connectivity index (χ1) is 25.0. The zero-order chi connectivity index (χ0) is 38.6. The van der Waals surface area contributed by atoms with E-state index >= 15 is 0 Å². The molecule has 0 rings (SSSR count). The van der Waals surface area contributed by atoms with E-state index in [1.807, 2.05) is 106 Å². The second-order valence-corrected chi connectivity index (χ2v) is 14.4. The quantitative estimate of drug-likeness (QED) is 0.0227. The predicted octanol–water partition coefficient (Wildman–Crippen LogP) is 9.38. The Balaban J connectivity index is 4.64. The van der Waals surface area contributed by atoms with E-state index < -0.39 is 32.5 Å². The molecule has 0 saturated carbocycles. The summed E-state index contributed by atoms with van der Waals surface area (Å²) in [6.07, 6.45) is 44.2. The van der Waals surface area contributed by atoms with Gasteiger partial charge in [-0.1, -0.05) is 142 Å². The minimum Gasteiger partial charge on any atom is -0.756 e. The van der Waals surface area contributed by atoms with E-state index in [1.54, 1.807) is 0 Å². The van der Waals surface area contributed by atoms with E-state index in [4.69, 9.17) is 18.5 Å². The molecule has 0 amide bonds. The first-order valence-electron chi connectivity index (χ1n) is 18.7. The number of hydrogen-bond donors (Lipinski definition) is 0. The number of esters is 2. The SMILES string of the molecule is CC/C=C/C=C/C=C/C=C/C=C/CCCC(=O)OC(COC(=O)CCCCCCC/C=C/C=C/C=C/C=C/CC)COP(=O)([O-])OCC[N+](C)(C)C. The summed E-state index contributed by atoms with van der Waals surface area (Å²) in [6, 6.07) is 0. The van der Waals surface area contributed by atoms with Crippen molar-refractivity contribution in [2.24, 2.45) is 0 Å². The first kappa shape index (κ1) is 48.7. The molecule has 0 aliphatic rings. The van der Waals surface area contributed by atoms with Crippen molar-refractivity contribution in [2.75, 3.05) is 47.5 Å². The highest BCUT2D eigenvalue weighted by Gasteiger charge is 2.21. The fraction of sp³-hybridized carbons (Fsp3) is 0.524. The molecule has 0 aliphatic heterocycles. The summed E-state index contributed by atoms with van der Waals surface area (Å²) < 4.78 is 33.6. The largest absolute Gasteiger partial charge is 0.756 e. The summed E-state index contributed by atoms with van der Waals surface area (Å²) in [5.41, 5.74) is 0. The molecule has 10 heteroatoms. The Bertz CT molecular complexity index is 1250. The Morgan fingerprint density at radius 3 is 1.60 bits per heavy atom. The van der Waals surface area contributed by atoms with Crippen LogP contribution in [0.5, 0.6) is 0 Å². The third kappa shape index (κ3) is 36.5. The summed E-state index contributed by atoms with van der Waals surface area (Å²) in [6.45, 7) is 3.77. The highest BCUT2D eigenvalue weighted by atomic mass is 31.2. The number of hydrogen-bond acceptors (Lipinski definition) is 8. The lowest BCUT2D eigenvalue weighted by atomic mass is 10.1. The lowest BCUT2D eigenvalue weighted by Crippen LogP contribution is -2.37. The Morgan fingerprint density at radius 2 is 1.06 bits per heavy atom. The molecule has 0 spiro atoms. The smallest absolute Gasteiger partial charge is 0.306 e. The molecular weight excluding hydrogens is 677 g/mol. The lowest BCUT2D eigenvalue weighted by Gasteiger charge is -2.28. The van der Waals surface area contributed by atoms with Crippen LogP contribution >= 0.6 is 7.82 Å². The fourth-order valence-corrected chi connectivity index (χ4v) is 4.83. The summed E-state index contributed by atoms with van der Waals surface area (Å²) in [5, 5.41) is 0. The van der Waals surface area contributed by atoms with Gasteiger partial charge in [-0.3, -0.25) is 14.2 Å². The maximum Gasteiger partial charge on any atom is 0.306 e. The molecule has 9 nitrogen and oxygen atoms in total. The Kier molecular flexibility index (Phi) is 31.4. The number of allylic oxidation sites excluding steroid dienone is 18. The number of phosphoric ester groups is 1. The predicted molar refractivity (Wildman–Crippen MR) is 212 cm³/mol. The molecule has 0 heterocycles. The number of unbranched alkanes of at least 4 members (excludes halogenated alkanes) is 6. The van der Waals surface area contributed by atoms with Crippen LogP contribution in [0.4, 0.5) is 0 Å². The van der Waals surface area contributed by atoms with Gasteiger partial charge in [0.2, 0.25) is 0 Å². The minimum absolute atomic E-state index is 0.0559. The molecule has 2 unspecified atom stereocenters. The molecule has 0 aromatic heterocycles. The number of ether oxygens (including phenoxy) is 2. The molecule has 0 saturated heterocycles. The van der Waals surface area contributed by atoms with Gasteiger partial charge in [-0.15, -0.1) is 0 Å². The number of quaternary nitrogens is 1. The van der Waals surface area contributed by atoms with E-state index in [2.05, 4.69) is 38.2 Å². The van der Waals surface area contributed by atoms with E-state index in [0.29, 0.717) is 30.3 Å². The zero-order valence-electron chi connectivity index (χ0n) is 32.4. The van der Waals surface area contributed by atoms with Gasteiger partial charge in [-0.2, -0.15) is 0 Å². The number of likely N-dealkylation sites (N-methyl/N-ethyl adjacent to an activating group) is 1. The number of rotatable bonds is 31. The first-order valence-corrected chi connectivity index (χ1v) is 20.2. The van der Waals surface area contributed by atoms with Crippen LogP contribution < -0.4 is 4.89 Å². The van der Waals surface area contributed by atoms with E-state index in [-0.39, 0.29) is 26.1 Å². The van der Waals surface area contributed by atoms with Gasteiger partial charge in [0.05, 0.1) is 27.7 Å². The second kappa shape index (κ2) is 33.5. The average molecular weight is 744 g/mol. The minimum atomic E-state index is -4.65. The third-order valence-electron chi connectivity index (χ3n) is 7.01. The van der Waals surface area contributed by atoms with Gasteiger partial charge in [0.15, 0.2) is 6.10 Å². The van der Waals surface area contributed by atoms with Crippen LogP contribution in [0.2, 0.25) is 0 Å². The van der Waals surface area contributed by atoms with Gasteiger partial charge in [-0.05, 0) is 44.9 Å². The fourth-order valence-electron chi connectivity index (χ4n) is 4.10. The number of carbonyl (C=O) groups excluding carboxylic acids is 2. The topological polar surface area (TPSA) is 111 Å². The molecule has 0 aliphatic carbocycles. The molecular formula is C42H66NO8P. The molecule has 0 radical (unpaired) electrons. The molecule has 0 bridgehead atoms. The van der Waals surface area contributed by atoms with E-state index in [0.717, 1.165) is 44.9 Å². The van der Waals surface area contributed by atoms with Gasteiger partial charge in [0.1, 0.15) is 19.8 Å². The monoisotopic (exact) mass is 743 g/mol. The van der Waals surface area contributed by atoms with E-state index in [9.17, 15) is 19.0 Å². The Morgan fingerprint density at radius 1 is 0.596 bits per heavy atom. The molecule has 0 N–H and O–H groups in total. The van der Waals surface area contributed by atoms with Crippen LogP contribution in [-0.4, -0.2) is 70.0 Å². The maximum atomic E-state index is 12.6. The Labute approximate surface area is 315 Å². The van der Waals surface area contributed by atoms with Gasteiger partial charge in [0, 0.05) is 12.8 Å². The molecule has 0 aromatic rings. The lowest BCUT2D eigenvalue weighted by molar-refractivity contribution is -0.870. The molecule has 2 atom stereocenters. The van der Waals surface area contributed by atoms with Crippen LogP contribution in [0.15, 0.2) is 109 Å². The average Bonchev–Trinajstić information content (AvgIpc) is 3.09. The van der Waals surface area contributed by atoms with Crippen molar-refractivity contribution in [3.63, 3.8) is 0 Å². The highest BCUT2D eigenvalue weighted by Crippen LogP contribution is 2.38. The standard InChI is InChI=1S/C42H66NO8P/c1-6-8-10-12-14-16-18-20-21-23-24-26-28-30-32-34-41(44)48-38-40(39-50-52(46,47)49-37-36-43(3,4)5)51-42(45)35-33-31-29-27-25-22-19-17-15-13-11-9-7-2/h8-22,25,27,29,40H,6-7,23-24,26,28,30-39H2,1-5H3/b10-8+,11-9+,14-12+,15-13+,18-16+,19-17+,21-20+,25-22+,29-27+. The third-order valence-corrected chi connectivity index (χ3v) is 7.97. The van der Waals surface area contributed by atoms with Gasteiger partial charge in [-0.25, -0.2) is 0 Å². The van der Waals surface area contributed by atoms with Crippen molar-refractivity contribution in [3.8, 4) is 0 Å². The van der Waals surface area contributed by atoms with Crippen LogP contribution in [0, 0.1) is 0 Å². The highest BCUT2D eigenvalue weighted by molar-refractivity contribution is 7.45. The van der Waals surface area contributed by atoms with Crippen molar-refractivity contribution < 1.29 is 42.1 Å². The Hall–Kier alpha value is -3.33. The van der Waals surface area contributed by atoms with Crippen LogP contribution in [-0.2, 0) is 32.7 Å². The maximum absolute atomic E-state index is 12.6. The zero-order valence-corrected chi connectivity index (χ0v) is 33.3. The molecule has 0 fully saturated rings. The summed E-state index contributed by atoms with van der Waals surface area (Å²) >= 11 is 0. The number of nitrogens with zero attached hydrogens (tertiary/aromatic N) is 1. The molecule has 292 valence electrons. The normalized spacial score (nSPS) is 15.0. The molecule has 52 heavy (non-hydrogen) atoms. The summed E-state index contributed by atoms with van der Waals surface area (Å²) in [5.74, 6) is -0.966. The van der Waals surface area contributed by atoms with Crippen LogP contribution in [0.25, 0.3) is 0 Å². The van der Waals surface area contributed by atoms with Crippen LogP contribution in [0.3, 0.4) is 0 Å².